The third-order valence-corrected chi connectivity index (χ3v) is 3.76. The first-order valence-corrected chi connectivity index (χ1v) is 6.89. The number of benzene rings is 2. The quantitative estimate of drug-likeness (QED) is 0.781. The van der Waals surface area contributed by atoms with E-state index >= 15 is 0 Å². The summed E-state index contributed by atoms with van der Waals surface area (Å²) in [4.78, 5) is 12.2. The number of aryl methyl sites for hydroxylation is 1. The number of carbonyl (C=O) groups is 1. The molecule has 2 aromatic rings. The van der Waals surface area contributed by atoms with Crippen molar-refractivity contribution in [2.45, 2.75) is 20.0 Å². The van der Waals surface area contributed by atoms with E-state index in [4.69, 9.17) is 4.74 Å². The molecule has 0 amide bonds. The van der Waals surface area contributed by atoms with Crippen molar-refractivity contribution in [2.24, 2.45) is 0 Å². The molecule has 0 heterocycles. The smallest absolute Gasteiger partial charge is 0.202 e. The van der Waals surface area contributed by atoms with E-state index in [0.717, 1.165) is 10.0 Å². The van der Waals surface area contributed by atoms with Gasteiger partial charge < -0.3 is 4.74 Å². The van der Waals surface area contributed by atoms with Gasteiger partial charge in [0.1, 0.15) is 5.75 Å². The van der Waals surface area contributed by atoms with E-state index in [2.05, 4.69) is 15.9 Å². The summed E-state index contributed by atoms with van der Waals surface area (Å²) in [5, 5.41) is 0. The fraction of sp³-hybridized carbons (Fsp3) is 0.188. The van der Waals surface area contributed by atoms with Crippen molar-refractivity contribution in [1.82, 2.24) is 0 Å². The van der Waals surface area contributed by atoms with Crippen LogP contribution in [0.2, 0.25) is 0 Å². The highest BCUT2D eigenvalue weighted by molar-refractivity contribution is 9.10. The van der Waals surface area contributed by atoms with Crippen LogP contribution in [-0.2, 0) is 0 Å². The number of Topliss-reactive ketones (excluding diaryl/α,β-unsaturated/α-hetero) is 1. The molecule has 0 spiro atoms. The molecule has 19 heavy (non-hydrogen) atoms. The highest BCUT2D eigenvalue weighted by Gasteiger charge is 2.16. The van der Waals surface area contributed by atoms with Crippen LogP contribution in [0.25, 0.3) is 0 Å². The van der Waals surface area contributed by atoms with Gasteiger partial charge in [-0.3, -0.25) is 4.79 Å². The fourth-order valence-electron chi connectivity index (χ4n) is 1.79. The van der Waals surface area contributed by atoms with Crippen LogP contribution in [0, 0.1) is 6.92 Å². The van der Waals surface area contributed by atoms with E-state index in [1.54, 1.807) is 19.1 Å². The van der Waals surface area contributed by atoms with Crippen LogP contribution in [0.5, 0.6) is 5.75 Å². The first-order valence-electron chi connectivity index (χ1n) is 6.10. The summed E-state index contributed by atoms with van der Waals surface area (Å²) < 4.78 is 6.73. The molecule has 98 valence electrons. The molecule has 0 aliphatic heterocycles. The number of hydrogen-bond acceptors (Lipinski definition) is 2. The summed E-state index contributed by atoms with van der Waals surface area (Å²) in [5.41, 5.74) is 1.75. The predicted octanol–water partition coefficient (Wildman–Crippen LogP) is 4.41. The van der Waals surface area contributed by atoms with Crippen LogP contribution in [0.1, 0.15) is 22.8 Å². The molecule has 0 radical (unpaired) electrons. The minimum Gasteiger partial charge on any atom is -0.483 e. The second-order valence-corrected chi connectivity index (χ2v) is 5.26. The van der Waals surface area contributed by atoms with Crippen LogP contribution >= 0.6 is 15.9 Å². The fourth-order valence-corrected chi connectivity index (χ4v) is 2.03. The van der Waals surface area contributed by atoms with E-state index in [0.29, 0.717) is 11.3 Å². The van der Waals surface area contributed by atoms with Crippen molar-refractivity contribution in [3.63, 3.8) is 0 Å². The van der Waals surface area contributed by atoms with Crippen molar-refractivity contribution in [3.05, 3.63) is 64.1 Å². The molecular formula is C16H15BrO2. The van der Waals surface area contributed by atoms with Crippen LogP contribution < -0.4 is 4.74 Å². The summed E-state index contributed by atoms with van der Waals surface area (Å²) in [6.45, 7) is 3.76. The van der Waals surface area contributed by atoms with Crippen molar-refractivity contribution in [2.75, 3.05) is 0 Å². The van der Waals surface area contributed by atoms with Crippen molar-refractivity contribution in [3.8, 4) is 5.75 Å². The molecule has 2 aromatic carbocycles. The first kappa shape index (κ1) is 13.8. The maximum atomic E-state index is 12.2. The van der Waals surface area contributed by atoms with Gasteiger partial charge in [0.25, 0.3) is 0 Å². The summed E-state index contributed by atoms with van der Waals surface area (Å²) >= 11 is 3.44. The van der Waals surface area contributed by atoms with E-state index in [1.807, 2.05) is 43.3 Å². The second-order valence-electron chi connectivity index (χ2n) is 4.40. The lowest BCUT2D eigenvalue weighted by Crippen LogP contribution is -2.23. The van der Waals surface area contributed by atoms with Crippen LogP contribution in [0.15, 0.2) is 53.0 Å². The molecule has 0 N–H and O–H groups in total. The van der Waals surface area contributed by atoms with Gasteiger partial charge in [-0.05, 0) is 37.6 Å². The van der Waals surface area contributed by atoms with Gasteiger partial charge in [-0.25, -0.2) is 0 Å². The number of carbonyl (C=O) groups excluding carboxylic acids is 1. The third kappa shape index (κ3) is 3.44. The van der Waals surface area contributed by atoms with Crippen molar-refractivity contribution in [1.29, 1.82) is 0 Å². The Morgan fingerprint density at radius 1 is 1.16 bits per heavy atom. The number of halogens is 1. The topological polar surface area (TPSA) is 26.3 Å². The summed E-state index contributed by atoms with van der Waals surface area (Å²) in [6.07, 6.45) is -0.497. The van der Waals surface area contributed by atoms with Gasteiger partial charge >= 0.3 is 0 Å². The highest BCUT2D eigenvalue weighted by Crippen LogP contribution is 2.22. The van der Waals surface area contributed by atoms with Gasteiger partial charge in [0.15, 0.2) is 6.10 Å². The lowest BCUT2D eigenvalue weighted by atomic mass is 10.1. The average Bonchev–Trinajstić information content (AvgIpc) is 2.43. The third-order valence-electron chi connectivity index (χ3n) is 2.87. The van der Waals surface area contributed by atoms with Crippen LogP contribution in [0.3, 0.4) is 0 Å². The van der Waals surface area contributed by atoms with E-state index in [-0.39, 0.29) is 5.78 Å². The Morgan fingerprint density at radius 2 is 1.84 bits per heavy atom. The van der Waals surface area contributed by atoms with Crippen LogP contribution in [0.4, 0.5) is 0 Å². The molecule has 1 atom stereocenters. The molecule has 2 rings (SSSR count). The number of hydrogen-bond donors (Lipinski definition) is 0. The predicted molar refractivity (Wildman–Crippen MR) is 79.7 cm³/mol. The number of rotatable bonds is 4. The van der Waals surface area contributed by atoms with Crippen molar-refractivity contribution >= 4 is 21.7 Å². The lowest BCUT2D eigenvalue weighted by molar-refractivity contribution is 0.0818. The largest absolute Gasteiger partial charge is 0.483 e. The highest BCUT2D eigenvalue weighted by atomic mass is 79.9. The van der Waals surface area contributed by atoms with E-state index in [9.17, 15) is 4.79 Å². The van der Waals surface area contributed by atoms with E-state index < -0.39 is 6.10 Å². The van der Waals surface area contributed by atoms with E-state index in [1.165, 1.54) is 0 Å². The number of ketones is 1. The summed E-state index contributed by atoms with van der Waals surface area (Å²) in [5.74, 6) is 0.693. The average molecular weight is 319 g/mol. The Hall–Kier alpha value is -1.61. The first-order chi connectivity index (χ1) is 9.08. The van der Waals surface area contributed by atoms with Gasteiger partial charge in [0, 0.05) is 10.0 Å². The van der Waals surface area contributed by atoms with Crippen LogP contribution in [-0.4, -0.2) is 11.9 Å². The lowest BCUT2D eigenvalue weighted by Gasteiger charge is -2.14. The molecule has 0 fully saturated rings. The molecule has 0 saturated heterocycles. The Bertz CT molecular complexity index is 579. The zero-order valence-electron chi connectivity index (χ0n) is 10.9. The van der Waals surface area contributed by atoms with Gasteiger partial charge in [0.05, 0.1) is 0 Å². The molecule has 0 aliphatic rings. The Morgan fingerprint density at radius 3 is 2.47 bits per heavy atom. The molecule has 1 unspecified atom stereocenters. The van der Waals surface area contributed by atoms with Gasteiger partial charge in [0.2, 0.25) is 5.78 Å². The maximum Gasteiger partial charge on any atom is 0.202 e. The molecule has 3 heteroatoms. The second kappa shape index (κ2) is 6.02. The molecular weight excluding hydrogens is 304 g/mol. The minimum absolute atomic E-state index is 0.0128. The SMILES string of the molecule is Cc1cc(OC(C)C(=O)c2ccccc2)ccc1Br. The van der Waals surface area contributed by atoms with Gasteiger partial charge in [-0.1, -0.05) is 46.3 Å². The molecule has 2 nitrogen and oxygen atoms in total. The Labute approximate surface area is 121 Å². The minimum atomic E-state index is -0.497. The number of ether oxygens (including phenoxy) is 1. The zero-order valence-corrected chi connectivity index (χ0v) is 12.5. The molecule has 0 aromatic heterocycles. The van der Waals surface area contributed by atoms with Gasteiger partial charge in [-0.2, -0.15) is 0 Å². The molecule has 0 bridgehead atoms. The normalized spacial score (nSPS) is 11.9. The maximum absolute atomic E-state index is 12.2. The summed E-state index contributed by atoms with van der Waals surface area (Å²) in [6, 6.07) is 14.9. The molecule has 0 aliphatic carbocycles. The summed E-state index contributed by atoms with van der Waals surface area (Å²) in [7, 11) is 0. The monoisotopic (exact) mass is 318 g/mol. The Balaban J connectivity index is 2.10. The van der Waals surface area contributed by atoms with Crippen molar-refractivity contribution < 1.29 is 9.53 Å². The zero-order chi connectivity index (χ0) is 13.8. The standard InChI is InChI=1S/C16H15BrO2/c1-11-10-14(8-9-15(11)17)19-12(2)16(18)13-6-4-3-5-7-13/h3-10,12H,1-2H3. The Kier molecular flexibility index (Phi) is 4.38. The molecule has 0 saturated carbocycles. The van der Waals surface area contributed by atoms with Gasteiger partial charge in [-0.15, -0.1) is 0 Å².